The molecule has 1 N–H and O–H groups in total. The van der Waals surface area contributed by atoms with Gasteiger partial charge in [0.15, 0.2) is 5.96 Å². The third kappa shape index (κ3) is 7.89. The molecule has 6 heteroatoms. The maximum Gasteiger partial charge on any atom is 0.193 e. The molecule has 2 aliphatic rings. The van der Waals surface area contributed by atoms with Crippen LogP contribution < -0.4 is 5.32 Å². The van der Waals surface area contributed by atoms with Gasteiger partial charge in [-0.15, -0.1) is 24.0 Å². The average Bonchev–Trinajstić information content (AvgIpc) is 3.12. The molecule has 0 spiro atoms. The number of rotatable bonds is 9. The summed E-state index contributed by atoms with van der Waals surface area (Å²) in [6.07, 6.45) is 7.37. The zero-order chi connectivity index (χ0) is 17.9. The molecule has 0 aromatic carbocycles. The summed E-state index contributed by atoms with van der Waals surface area (Å²) in [5.74, 6) is 2.79. The number of nitrogens with zero attached hydrogens (tertiary/aromatic N) is 2. The molecule has 26 heavy (non-hydrogen) atoms. The first-order valence-corrected chi connectivity index (χ1v) is 10.5. The maximum atomic E-state index is 5.94. The van der Waals surface area contributed by atoms with Crippen LogP contribution in [0, 0.1) is 11.8 Å². The minimum absolute atomic E-state index is 0. The van der Waals surface area contributed by atoms with Crippen LogP contribution in [0.4, 0.5) is 0 Å². The van der Waals surface area contributed by atoms with Gasteiger partial charge < -0.3 is 19.7 Å². The van der Waals surface area contributed by atoms with Crippen LogP contribution in [0.5, 0.6) is 0 Å². The van der Waals surface area contributed by atoms with Crippen molar-refractivity contribution in [2.75, 3.05) is 46.0 Å². The van der Waals surface area contributed by atoms with E-state index in [1.807, 2.05) is 0 Å². The van der Waals surface area contributed by atoms with Crippen LogP contribution in [-0.2, 0) is 9.47 Å². The molecule has 5 nitrogen and oxygen atoms in total. The summed E-state index contributed by atoms with van der Waals surface area (Å²) >= 11 is 0. The second kappa shape index (κ2) is 14.0. The first-order valence-electron chi connectivity index (χ1n) is 10.5. The van der Waals surface area contributed by atoms with E-state index in [0.717, 1.165) is 83.1 Å². The van der Waals surface area contributed by atoms with E-state index < -0.39 is 0 Å². The number of halogens is 1. The summed E-state index contributed by atoms with van der Waals surface area (Å²) in [7, 11) is 0. The van der Waals surface area contributed by atoms with Crippen molar-refractivity contribution in [3.05, 3.63) is 0 Å². The Labute approximate surface area is 177 Å². The van der Waals surface area contributed by atoms with Gasteiger partial charge in [-0.1, -0.05) is 26.7 Å². The largest absolute Gasteiger partial charge is 0.381 e. The predicted molar refractivity (Wildman–Crippen MR) is 120 cm³/mol. The lowest BCUT2D eigenvalue weighted by molar-refractivity contribution is -0.0318. The minimum Gasteiger partial charge on any atom is -0.381 e. The molecule has 2 fully saturated rings. The minimum atomic E-state index is 0. The second-order valence-corrected chi connectivity index (χ2v) is 7.34. The van der Waals surface area contributed by atoms with E-state index in [4.69, 9.17) is 14.5 Å². The highest BCUT2D eigenvalue weighted by Crippen LogP contribution is 2.28. The third-order valence-corrected chi connectivity index (χ3v) is 5.66. The van der Waals surface area contributed by atoms with Crippen molar-refractivity contribution in [2.45, 2.75) is 65.4 Å². The summed E-state index contributed by atoms with van der Waals surface area (Å²) < 4.78 is 11.3. The summed E-state index contributed by atoms with van der Waals surface area (Å²) in [4.78, 5) is 7.31. The van der Waals surface area contributed by atoms with Crippen LogP contribution in [-0.4, -0.2) is 63.0 Å². The molecule has 0 aliphatic carbocycles. The highest BCUT2D eigenvalue weighted by atomic mass is 127. The van der Waals surface area contributed by atoms with Crippen LogP contribution in [0.3, 0.4) is 0 Å². The fraction of sp³-hybridized carbons (Fsp3) is 0.950. The van der Waals surface area contributed by atoms with Crippen LogP contribution in [0.1, 0.15) is 59.3 Å². The number of likely N-dealkylation sites (tertiary alicyclic amines) is 1. The maximum absolute atomic E-state index is 5.94. The normalized spacial score (nSPS) is 21.9. The summed E-state index contributed by atoms with van der Waals surface area (Å²) in [6.45, 7) is 13.4. The zero-order valence-electron chi connectivity index (χ0n) is 17.0. The van der Waals surface area contributed by atoms with E-state index >= 15 is 0 Å². The number of ether oxygens (including phenoxy) is 2. The second-order valence-electron chi connectivity index (χ2n) is 7.34. The molecule has 0 aromatic heterocycles. The van der Waals surface area contributed by atoms with Gasteiger partial charge in [0, 0.05) is 46.0 Å². The molecule has 0 amide bonds. The van der Waals surface area contributed by atoms with E-state index in [1.165, 1.54) is 19.3 Å². The Hall–Kier alpha value is -0.0800. The lowest BCUT2D eigenvalue weighted by Gasteiger charge is -2.24. The van der Waals surface area contributed by atoms with Gasteiger partial charge in [-0.3, -0.25) is 4.99 Å². The van der Waals surface area contributed by atoms with Crippen molar-refractivity contribution >= 4 is 29.9 Å². The first kappa shape index (κ1) is 24.0. The Morgan fingerprint density at radius 2 is 1.92 bits per heavy atom. The molecular formula is C20H40IN3O2. The molecule has 2 aliphatic heterocycles. The van der Waals surface area contributed by atoms with Crippen molar-refractivity contribution in [1.82, 2.24) is 10.2 Å². The Balaban J connectivity index is 0.00000338. The van der Waals surface area contributed by atoms with Gasteiger partial charge in [-0.2, -0.15) is 0 Å². The van der Waals surface area contributed by atoms with Crippen LogP contribution >= 0.6 is 24.0 Å². The van der Waals surface area contributed by atoms with E-state index in [-0.39, 0.29) is 24.0 Å². The molecule has 2 saturated heterocycles. The molecule has 154 valence electrons. The van der Waals surface area contributed by atoms with Crippen molar-refractivity contribution in [1.29, 1.82) is 0 Å². The standard InChI is InChI=1S/C20H39N3O2.HI/c1-4-17(5-2)18-8-12-23(16-18)20(21-6-3)22-11-7-13-25-19-9-14-24-15-10-19;/h17-19H,4-16H2,1-3H3,(H,21,22);1H. The number of nitrogens with one attached hydrogen (secondary N) is 1. The van der Waals surface area contributed by atoms with Gasteiger partial charge in [0.25, 0.3) is 0 Å². The highest BCUT2D eigenvalue weighted by Gasteiger charge is 2.29. The molecule has 0 radical (unpaired) electrons. The number of hydrogen-bond acceptors (Lipinski definition) is 3. The molecular weight excluding hydrogens is 441 g/mol. The van der Waals surface area contributed by atoms with Gasteiger partial charge in [0.1, 0.15) is 0 Å². The Kier molecular flexibility index (Phi) is 12.9. The number of hydrogen-bond donors (Lipinski definition) is 1. The quantitative estimate of drug-likeness (QED) is 0.235. The molecule has 0 saturated carbocycles. The fourth-order valence-electron chi connectivity index (χ4n) is 4.09. The lowest BCUT2D eigenvalue weighted by Crippen LogP contribution is -2.40. The smallest absolute Gasteiger partial charge is 0.193 e. The summed E-state index contributed by atoms with van der Waals surface area (Å²) in [5, 5.41) is 3.48. The van der Waals surface area contributed by atoms with Crippen molar-refractivity contribution in [3.63, 3.8) is 0 Å². The van der Waals surface area contributed by atoms with Gasteiger partial charge >= 0.3 is 0 Å². The van der Waals surface area contributed by atoms with Crippen molar-refractivity contribution in [3.8, 4) is 0 Å². The van der Waals surface area contributed by atoms with Gasteiger partial charge in [0.2, 0.25) is 0 Å². The molecule has 0 aromatic rings. The van der Waals surface area contributed by atoms with E-state index in [2.05, 4.69) is 31.0 Å². The highest BCUT2D eigenvalue weighted by molar-refractivity contribution is 14.0. The predicted octanol–water partition coefficient (Wildman–Crippen LogP) is 3.91. The van der Waals surface area contributed by atoms with E-state index in [1.54, 1.807) is 0 Å². The summed E-state index contributed by atoms with van der Waals surface area (Å²) in [6, 6.07) is 0. The van der Waals surface area contributed by atoms with Crippen LogP contribution in [0.2, 0.25) is 0 Å². The first-order chi connectivity index (χ1) is 12.3. The number of aliphatic imine (C=N–C) groups is 1. The SMILES string of the molecule is CCNC(=NCCCOC1CCOCC1)N1CCC(C(CC)CC)C1.I. The van der Waals surface area contributed by atoms with Gasteiger partial charge in [-0.05, 0) is 44.4 Å². The molecule has 1 atom stereocenters. The summed E-state index contributed by atoms with van der Waals surface area (Å²) in [5.41, 5.74) is 0. The van der Waals surface area contributed by atoms with E-state index in [0.29, 0.717) is 6.10 Å². The third-order valence-electron chi connectivity index (χ3n) is 5.66. The topological polar surface area (TPSA) is 46.1 Å². The Morgan fingerprint density at radius 1 is 1.19 bits per heavy atom. The van der Waals surface area contributed by atoms with Gasteiger partial charge in [-0.25, -0.2) is 0 Å². The fourth-order valence-corrected chi connectivity index (χ4v) is 4.09. The van der Waals surface area contributed by atoms with Crippen LogP contribution in [0.15, 0.2) is 4.99 Å². The molecule has 1 unspecified atom stereocenters. The van der Waals surface area contributed by atoms with Crippen molar-refractivity contribution in [2.24, 2.45) is 16.8 Å². The lowest BCUT2D eigenvalue weighted by atomic mass is 9.87. The van der Waals surface area contributed by atoms with Crippen LogP contribution in [0.25, 0.3) is 0 Å². The Bertz CT molecular complexity index is 385. The number of guanidine groups is 1. The molecule has 0 bridgehead atoms. The molecule has 2 heterocycles. The van der Waals surface area contributed by atoms with Gasteiger partial charge in [0.05, 0.1) is 6.10 Å². The zero-order valence-corrected chi connectivity index (χ0v) is 19.4. The van der Waals surface area contributed by atoms with E-state index in [9.17, 15) is 0 Å². The molecule has 2 rings (SSSR count). The van der Waals surface area contributed by atoms with Crippen molar-refractivity contribution < 1.29 is 9.47 Å². The average molecular weight is 481 g/mol. The monoisotopic (exact) mass is 481 g/mol. The Morgan fingerprint density at radius 3 is 2.58 bits per heavy atom.